The lowest BCUT2D eigenvalue weighted by Crippen LogP contribution is -2.38. The summed E-state index contributed by atoms with van der Waals surface area (Å²) >= 11 is 7.32. The summed E-state index contributed by atoms with van der Waals surface area (Å²) in [4.78, 5) is 17.4. The molecule has 2 aromatic heterocycles. The van der Waals surface area contributed by atoms with E-state index in [4.69, 9.17) is 16.3 Å². The van der Waals surface area contributed by atoms with Gasteiger partial charge in [-0.05, 0) is 18.2 Å². The molecule has 0 fully saturated rings. The smallest absolute Gasteiger partial charge is 0.232 e. The molecule has 3 heterocycles. The van der Waals surface area contributed by atoms with E-state index < -0.39 is 5.41 Å². The lowest BCUT2D eigenvalue weighted by molar-refractivity contribution is -0.124. The quantitative estimate of drug-likeness (QED) is 0.671. The minimum absolute atomic E-state index is 0.156. The van der Waals surface area contributed by atoms with E-state index in [-0.39, 0.29) is 11.8 Å². The molecule has 1 N–H and O–H groups in total. The molecule has 1 aliphatic rings. The highest BCUT2D eigenvalue weighted by molar-refractivity contribution is 7.13. The Balaban J connectivity index is 1.80. The summed E-state index contributed by atoms with van der Waals surface area (Å²) in [6, 6.07) is 11.2. The highest BCUT2D eigenvalue weighted by Crippen LogP contribution is 2.51. The largest absolute Gasteiger partial charge is 0.438 e. The van der Waals surface area contributed by atoms with E-state index in [0.717, 1.165) is 11.1 Å². The molecule has 1 aromatic carbocycles. The molecule has 0 aliphatic carbocycles. The van der Waals surface area contributed by atoms with E-state index in [0.29, 0.717) is 21.9 Å². The Morgan fingerprint density at radius 2 is 2.04 bits per heavy atom. The van der Waals surface area contributed by atoms with E-state index in [9.17, 15) is 4.79 Å². The molecule has 1 amide bonds. The van der Waals surface area contributed by atoms with Gasteiger partial charge in [0.1, 0.15) is 16.4 Å². The zero-order valence-electron chi connectivity index (χ0n) is 14.1. The average Bonchev–Trinajstić information content (AvgIpc) is 3.12. The number of rotatable bonds is 3. The fraction of sp³-hybridized carbons (Fsp3) is 0.222. The number of benzene rings is 1. The van der Waals surface area contributed by atoms with Gasteiger partial charge in [0.15, 0.2) is 0 Å². The summed E-state index contributed by atoms with van der Waals surface area (Å²) in [6.07, 6.45) is 0. The number of anilines is 1. The van der Waals surface area contributed by atoms with Crippen LogP contribution in [0.4, 0.5) is 5.13 Å². The van der Waals surface area contributed by atoms with Crippen molar-refractivity contribution < 1.29 is 9.53 Å². The van der Waals surface area contributed by atoms with Crippen molar-refractivity contribution in [2.24, 2.45) is 5.41 Å². The predicted molar refractivity (Wildman–Crippen MR) is 99.9 cm³/mol. The number of pyridine rings is 1. The molecule has 1 unspecified atom stereocenters. The summed E-state index contributed by atoms with van der Waals surface area (Å²) < 4.78 is 5.92. The molecule has 4 rings (SSSR count). The normalized spacial score (nSPS) is 15.6. The lowest BCUT2D eigenvalue weighted by Gasteiger charge is -2.37. The first kappa shape index (κ1) is 16.9. The fourth-order valence-electron chi connectivity index (χ4n) is 3.21. The highest BCUT2D eigenvalue weighted by Gasteiger charge is 2.44. The SMILES string of the molecule is CC(C)(C(=O)Nc1nncs1)C1c2ccccc2Oc2nc(Cl)ccc21. The monoisotopic (exact) mass is 386 g/mol. The van der Waals surface area contributed by atoms with Crippen molar-refractivity contribution >= 4 is 34.0 Å². The van der Waals surface area contributed by atoms with Gasteiger partial charge in [0, 0.05) is 17.0 Å². The van der Waals surface area contributed by atoms with E-state index in [1.807, 2.05) is 44.2 Å². The van der Waals surface area contributed by atoms with Crippen molar-refractivity contribution in [2.45, 2.75) is 19.8 Å². The van der Waals surface area contributed by atoms with Gasteiger partial charge in [-0.2, -0.15) is 0 Å². The number of nitrogens with one attached hydrogen (secondary N) is 1. The molecule has 6 nitrogen and oxygen atoms in total. The molecule has 1 atom stereocenters. The van der Waals surface area contributed by atoms with E-state index >= 15 is 0 Å². The Labute approximate surface area is 159 Å². The zero-order valence-corrected chi connectivity index (χ0v) is 15.6. The average molecular weight is 387 g/mol. The number of hydrogen-bond donors (Lipinski definition) is 1. The molecule has 0 radical (unpaired) electrons. The molecule has 8 heteroatoms. The zero-order chi connectivity index (χ0) is 18.3. The van der Waals surface area contributed by atoms with Crippen LogP contribution < -0.4 is 10.1 Å². The van der Waals surface area contributed by atoms with Crippen molar-refractivity contribution in [3.8, 4) is 11.6 Å². The first-order valence-corrected chi connectivity index (χ1v) is 9.23. The summed E-state index contributed by atoms with van der Waals surface area (Å²) in [5, 5.41) is 11.3. The maximum atomic E-state index is 13.1. The summed E-state index contributed by atoms with van der Waals surface area (Å²) in [5.41, 5.74) is 2.54. The highest BCUT2D eigenvalue weighted by atomic mass is 35.5. The maximum Gasteiger partial charge on any atom is 0.232 e. The molecule has 0 bridgehead atoms. The van der Waals surface area contributed by atoms with Crippen molar-refractivity contribution in [3.05, 3.63) is 58.2 Å². The fourth-order valence-corrected chi connectivity index (χ4v) is 3.79. The number of ether oxygens (including phenoxy) is 1. The minimum Gasteiger partial charge on any atom is -0.438 e. The number of amides is 1. The third-order valence-electron chi connectivity index (χ3n) is 4.49. The Bertz CT molecular complexity index is 975. The molecule has 26 heavy (non-hydrogen) atoms. The van der Waals surface area contributed by atoms with Gasteiger partial charge in [-0.25, -0.2) is 4.98 Å². The van der Waals surface area contributed by atoms with Gasteiger partial charge in [0.05, 0.1) is 5.41 Å². The number of fused-ring (bicyclic) bond motifs is 2. The van der Waals surface area contributed by atoms with Gasteiger partial charge in [-0.3, -0.25) is 4.79 Å². The van der Waals surface area contributed by atoms with Crippen LogP contribution >= 0.6 is 22.9 Å². The van der Waals surface area contributed by atoms with Crippen molar-refractivity contribution in [1.82, 2.24) is 15.2 Å². The number of halogens is 1. The molecular formula is C18H15ClN4O2S. The number of para-hydroxylation sites is 1. The van der Waals surface area contributed by atoms with Crippen LogP contribution in [0.5, 0.6) is 11.6 Å². The van der Waals surface area contributed by atoms with Crippen LogP contribution in [0.2, 0.25) is 5.15 Å². The van der Waals surface area contributed by atoms with Gasteiger partial charge in [0.25, 0.3) is 0 Å². The summed E-state index contributed by atoms with van der Waals surface area (Å²) in [7, 11) is 0. The van der Waals surface area contributed by atoms with E-state index in [2.05, 4.69) is 20.5 Å². The maximum absolute atomic E-state index is 13.1. The third-order valence-corrected chi connectivity index (χ3v) is 5.31. The third kappa shape index (κ3) is 2.83. The van der Waals surface area contributed by atoms with Crippen LogP contribution in [0.3, 0.4) is 0 Å². The Morgan fingerprint density at radius 3 is 2.81 bits per heavy atom. The van der Waals surface area contributed by atoms with Gasteiger partial charge in [0.2, 0.25) is 16.9 Å². The van der Waals surface area contributed by atoms with Crippen LogP contribution in [0, 0.1) is 5.41 Å². The van der Waals surface area contributed by atoms with E-state index in [1.165, 1.54) is 11.3 Å². The number of carbonyl (C=O) groups is 1. The second-order valence-electron chi connectivity index (χ2n) is 6.52. The molecule has 0 saturated carbocycles. The summed E-state index contributed by atoms with van der Waals surface area (Å²) in [6.45, 7) is 3.79. The van der Waals surface area contributed by atoms with Crippen molar-refractivity contribution in [2.75, 3.05) is 5.32 Å². The Morgan fingerprint density at radius 1 is 1.23 bits per heavy atom. The number of aromatic nitrogens is 3. The van der Waals surface area contributed by atoms with Crippen LogP contribution in [0.1, 0.15) is 30.9 Å². The number of carbonyl (C=O) groups excluding carboxylic acids is 1. The minimum atomic E-state index is -0.796. The standard InChI is InChI=1S/C18H15ClN4O2S/c1-18(2,16(24)22-17-23-20-9-26-17)14-10-5-3-4-6-12(10)25-15-11(14)7-8-13(19)21-15/h3-9,14H,1-2H3,(H,22,23,24). The van der Waals surface area contributed by atoms with Gasteiger partial charge in [-0.15, -0.1) is 10.2 Å². The van der Waals surface area contributed by atoms with Gasteiger partial charge < -0.3 is 10.1 Å². The van der Waals surface area contributed by atoms with Crippen LogP contribution in [0.15, 0.2) is 41.9 Å². The first-order chi connectivity index (χ1) is 12.5. The van der Waals surface area contributed by atoms with Crippen LogP contribution in [-0.2, 0) is 4.79 Å². The van der Waals surface area contributed by atoms with Gasteiger partial charge in [-0.1, -0.05) is 55.0 Å². The molecule has 1 aliphatic heterocycles. The van der Waals surface area contributed by atoms with Crippen molar-refractivity contribution in [1.29, 1.82) is 0 Å². The Kier molecular flexibility index (Phi) is 4.13. The van der Waals surface area contributed by atoms with Crippen LogP contribution in [-0.4, -0.2) is 21.1 Å². The van der Waals surface area contributed by atoms with E-state index in [1.54, 1.807) is 11.6 Å². The molecule has 3 aromatic rings. The van der Waals surface area contributed by atoms with Gasteiger partial charge >= 0.3 is 0 Å². The molecule has 132 valence electrons. The second kappa shape index (κ2) is 6.34. The molecule has 0 saturated heterocycles. The molecule has 0 spiro atoms. The topological polar surface area (TPSA) is 77.0 Å². The predicted octanol–water partition coefficient (Wildman–Crippen LogP) is 4.49. The van der Waals surface area contributed by atoms with Crippen LogP contribution in [0.25, 0.3) is 0 Å². The lowest BCUT2D eigenvalue weighted by atomic mass is 9.70. The first-order valence-electron chi connectivity index (χ1n) is 7.97. The number of hydrogen-bond acceptors (Lipinski definition) is 6. The Hall–Kier alpha value is -2.51. The second-order valence-corrected chi connectivity index (χ2v) is 7.74. The number of nitrogens with zero attached hydrogens (tertiary/aromatic N) is 3. The van der Waals surface area contributed by atoms with Crippen molar-refractivity contribution in [3.63, 3.8) is 0 Å². The summed E-state index contributed by atoms with van der Waals surface area (Å²) in [5.74, 6) is 0.700. The molecular weight excluding hydrogens is 372 g/mol.